The molecule has 0 aliphatic rings. The van der Waals surface area contributed by atoms with Gasteiger partial charge in [0, 0.05) is 22.0 Å². The lowest BCUT2D eigenvalue weighted by Crippen LogP contribution is -1.93. The number of aromatic nitrogens is 2. The molecule has 9 rings (SSSR count). The van der Waals surface area contributed by atoms with E-state index in [0.717, 1.165) is 27.9 Å². The number of hydrogen-bond acceptors (Lipinski definition) is 2. The van der Waals surface area contributed by atoms with Crippen LogP contribution in [-0.2, 0) is 0 Å². The minimum absolute atomic E-state index is 0.635. The fourth-order valence-electron chi connectivity index (χ4n) is 6.72. The second-order valence-corrected chi connectivity index (χ2v) is 11.6. The molecule has 0 unspecified atom stereocenters. The zero-order valence-corrected chi connectivity index (χ0v) is 25.0. The molecule has 7 aromatic carbocycles. The number of oxazole rings is 1. The van der Waals surface area contributed by atoms with E-state index >= 15 is 0 Å². The van der Waals surface area contributed by atoms with Crippen LogP contribution in [0.3, 0.4) is 0 Å². The molecule has 2 heterocycles. The third-order valence-corrected chi connectivity index (χ3v) is 8.88. The molecule has 0 aliphatic carbocycles. The van der Waals surface area contributed by atoms with Crippen molar-refractivity contribution in [1.29, 1.82) is 0 Å². The largest absolute Gasteiger partial charge is 0.436 e. The van der Waals surface area contributed by atoms with Crippen LogP contribution in [0.5, 0.6) is 0 Å². The maximum Gasteiger partial charge on any atom is 0.227 e. The highest BCUT2D eigenvalue weighted by Gasteiger charge is 2.16. The highest BCUT2D eigenvalue weighted by atomic mass is 16.3. The molecular weight excluding hydrogens is 560 g/mol. The van der Waals surface area contributed by atoms with Gasteiger partial charge in [0.15, 0.2) is 5.58 Å². The number of benzene rings is 7. The van der Waals surface area contributed by atoms with Gasteiger partial charge >= 0.3 is 0 Å². The highest BCUT2D eigenvalue weighted by Crippen LogP contribution is 2.41. The average Bonchev–Trinajstić information content (AvgIpc) is 3.71. The number of para-hydroxylation sites is 4. The normalized spacial score (nSPS) is 11.5. The lowest BCUT2D eigenvalue weighted by molar-refractivity contribution is 0.620. The van der Waals surface area contributed by atoms with Gasteiger partial charge in [-0.1, -0.05) is 115 Å². The molecule has 0 radical (unpaired) electrons. The third kappa shape index (κ3) is 4.33. The molecular formula is C43H28N2O. The molecule has 9 aromatic rings. The van der Waals surface area contributed by atoms with Crippen molar-refractivity contribution in [1.82, 2.24) is 9.55 Å². The Hall–Kier alpha value is -6.19. The Kier molecular flexibility index (Phi) is 6.14. The first-order valence-corrected chi connectivity index (χ1v) is 15.6. The second kappa shape index (κ2) is 10.8. The molecule has 0 aliphatic heterocycles. The number of rotatable bonds is 5. The van der Waals surface area contributed by atoms with E-state index in [1.54, 1.807) is 0 Å². The van der Waals surface area contributed by atoms with Crippen molar-refractivity contribution in [3.8, 4) is 50.5 Å². The van der Waals surface area contributed by atoms with Crippen LogP contribution in [0.25, 0.3) is 83.4 Å². The van der Waals surface area contributed by atoms with Crippen LogP contribution in [-0.4, -0.2) is 9.55 Å². The monoisotopic (exact) mass is 588 g/mol. The van der Waals surface area contributed by atoms with Crippen LogP contribution >= 0.6 is 0 Å². The van der Waals surface area contributed by atoms with E-state index < -0.39 is 0 Å². The summed E-state index contributed by atoms with van der Waals surface area (Å²) in [6, 6.07) is 60.0. The third-order valence-electron chi connectivity index (χ3n) is 8.88. The molecule has 2 aromatic heterocycles. The van der Waals surface area contributed by atoms with Crippen molar-refractivity contribution in [3.63, 3.8) is 0 Å². The minimum atomic E-state index is 0.635. The van der Waals surface area contributed by atoms with Gasteiger partial charge in [0.05, 0.1) is 11.0 Å². The topological polar surface area (TPSA) is 31.0 Å². The van der Waals surface area contributed by atoms with Crippen LogP contribution in [0.4, 0.5) is 0 Å². The first kappa shape index (κ1) is 26.2. The number of hydrogen-bond donors (Lipinski definition) is 0. The van der Waals surface area contributed by atoms with Crippen molar-refractivity contribution in [2.45, 2.75) is 0 Å². The van der Waals surface area contributed by atoms with Gasteiger partial charge < -0.3 is 8.98 Å². The van der Waals surface area contributed by atoms with Gasteiger partial charge in [-0.25, -0.2) is 4.98 Å². The molecule has 3 nitrogen and oxygen atoms in total. The smallest absolute Gasteiger partial charge is 0.227 e. The average molecular weight is 589 g/mol. The molecule has 0 bridgehead atoms. The predicted octanol–water partition coefficient (Wildman–Crippen LogP) is 11.6. The maximum atomic E-state index is 6.03. The Labute approximate surface area is 266 Å². The van der Waals surface area contributed by atoms with Gasteiger partial charge in [-0.15, -0.1) is 0 Å². The van der Waals surface area contributed by atoms with Crippen molar-refractivity contribution >= 4 is 32.9 Å². The van der Waals surface area contributed by atoms with Gasteiger partial charge in [0.2, 0.25) is 5.89 Å². The summed E-state index contributed by atoms with van der Waals surface area (Å²) < 4.78 is 8.39. The van der Waals surface area contributed by atoms with Gasteiger partial charge in [0.25, 0.3) is 0 Å². The van der Waals surface area contributed by atoms with E-state index in [9.17, 15) is 0 Å². The molecule has 3 heteroatoms. The van der Waals surface area contributed by atoms with Crippen LogP contribution in [0.1, 0.15) is 0 Å². The van der Waals surface area contributed by atoms with Crippen molar-refractivity contribution in [2.75, 3.05) is 0 Å². The Bertz CT molecular complexity index is 2490. The summed E-state index contributed by atoms with van der Waals surface area (Å²) in [5.74, 6) is 0.635. The van der Waals surface area contributed by atoms with Gasteiger partial charge in [-0.3, -0.25) is 0 Å². The Morgan fingerprint density at radius 2 is 0.978 bits per heavy atom. The van der Waals surface area contributed by atoms with Gasteiger partial charge in [-0.05, 0) is 88.0 Å². The summed E-state index contributed by atoms with van der Waals surface area (Å²) in [5.41, 5.74) is 13.3. The van der Waals surface area contributed by atoms with Crippen LogP contribution in [0, 0.1) is 0 Å². The molecule has 0 amide bonds. The first-order chi connectivity index (χ1) is 22.8. The molecule has 0 spiro atoms. The van der Waals surface area contributed by atoms with E-state index in [1.807, 2.05) is 24.3 Å². The van der Waals surface area contributed by atoms with Crippen LogP contribution < -0.4 is 0 Å². The summed E-state index contributed by atoms with van der Waals surface area (Å²) in [6.07, 6.45) is 0. The maximum absolute atomic E-state index is 6.03. The van der Waals surface area contributed by atoms with E-state index in [0.29, 0.717) is 5.89 Å². The highest BCUT2D eigenvalue weighted by molar-refractivity contribution is 6.11. The Balaban J connectivity index is 1.15. The van der Waals surface area contributed by atoms with E-state index in [4.69, 9.17) is 4.42 Å². The molecule has 216 valence electrons. The summed E-state index contributed by atoms with van der Waals surface area (Å²) >= 11 is 0. The molecule has 0 saturated heterocycles. The minimum Gasteiger partial charge on any atom is -0.436 e. The predicted molar refractivity (Wildman–Crippen MR) is 190 cm³/mol. The van der Waals surface area contributed by atoms with Crippen molar-refractivity contribution in [3.05, 3.63) is 170 Å². The quantitative estimate of drug-likeness (QED) is 0.200. The lowest BCUT2D eigenvalue weighted by Gasteiger charge is -2.15. The van der Waals surface area contributed by atoms with E-state index in [1.165, 1.54) is 49.6 Å². The standard InChI is InChI=1S/C43H28N2O/c1-2-12-32(13-3-1)45-40-20-10-8-18-37(40)38-28-31(26-27-41(38)45)34-15-5-7-17-36(34)35-16-6-4-14-33(35)29-22-24-30(25-23-29)43-44-39-19-9-11-21-42(39)46-43/h1-28H. The summed E-state index contributed by atoms with van der Waals surface area (Å²) in [7, 11) is 0. The van der Waals surface area contributed by atoms with E-state index in [-0.39, 0.29) is 0 Å². The SMILES string of the molecule is c1ccc(-n2c3ccccc3c3cc(-c4ccccc4-c4ccccc4-c4ccc(-c5nc6ccccc6o5)cc4)ccc32)cc1. The van der Waals surface area contributed by atoms with Crippen LogP contribution in [0.2, 0.25) is 0 Å². The zero-order valence-electron chi connectivity index (χ0n) is 25.0. The summed E-state index contributed by atoms with van der Waals surface area (Å²) in [6.45, 7) is 0. The van der Waals surface area contributed by atoms with Crippen molar-refractivity contribution in [2.24, 2.45) is 0 Å². The lowest BCUT2D eigenvalue weighted by atomic mass is 9.89. The molecule has 0 atom stereocenters. The first-order valence-electron chi connectivity index (χ1n) is 15.6. The molecule has 0 saturated carbocycles. The van der Waals surface area contributed by atoms with Gasteiger partial charge in [-0.2, -0.15) is 0 Å². The Morgan fingerprint density at radius 1 is 0.413 bits per heavy atom. The number of fused-ring (bicyclic) bond motifs is 4. The van der Waals surface area contributed by atoms with Gasteiger partial charge in [0.1, 0.15) is 5.52 Å². The molecule has 0 fully saturated rings. The Morgan fingerprint density at radius 3 is 1.74 bits per heavy atom. The molecule has 46 heavy (non-hydrogen) atoms. The fourth-order valence-corrected chi connectivity index (χ4v) is 6.72. The van der Waals surface area contributed by atoms with E-state index in [2.05, 4.69) is 155 Å². The second-order valence-electron chi connectivity index (χ2n) is 11.6. The summed E-state index contributed by atoms with van der Waals surface area (Å²) in [4.78, 5) is 4.69. The number of nitrogens with zero attached hydrogens (tertiary/aromatic N) is 2. The van der Waals surface area contributed by atoms with Crippen LogP contribution in [0.15, 0.2) is 174 Å². The summed E-state index contributed by atoms with van der Waals surface area (Å²) in [5, 5.41) is 2.50. The fraction of sp³-hybridized carbons (Fsp3) is 0. The van der Waals surface area contributed by atoms with Crippen molar-refractivity contribution < 1.29 is 4.42 Å². The zero-order chi connectivity index (χ0) is 30.5. The molecule has 0 N–H and O–H groups in total.